The Balaban J connectivity index is 3.29. The summed E-state index contributed by atoms with van der Waals surface area (Å²) >= 11 is 0. The summed E-state index contributed by atoms with van der Waals surface area (Å²) in [5.41, 5.74) is -3.79. The Morgan fingerprint density at radius 2 is 1.61 bits per heavy atom. The highest BCUT2D eigenvalue weighted by Gasteiger charge is 2.61. The summed E-state index contributed by atoms with van der Waals surface area (Å²) in [7, 11) is 0. The zero-order valence-corrected chi connectivity index (χ0v) is 13.4. The molecule has 0 amide bonds. The van der Waals surface area contributed by atoms with Crippen molar-refractivity contribution in [1.82, 2.24) is 0 Å². The monoisotopic (exact) mass is 316 g/mol. The van der Waals surface area contributed by atoms with Gasteiger partial charge in [-0.15, -0.1) is 0 Å². The van der Waals surface area contributed by atoms with Gasteiger partial charge in [0.05, 0.1) is 30.4 Å². The third-order valence-electron chi connectivity index (χ3n) is 4.00. The van der Waals surface area contributed by atoms with Crippen molar-refractivity contribution in [1.29, 1.82) is 21.0 Å². The molecule has 1 atom stereocenters. The molecule has 7 nitrogen and oxygen atoms in total. The van der Waals surface area contributed by atoms with Crippen molar-refractivity contribution in [3.63, 3.8) is 0 Å². The van der Waals surface area contributed by atoms with E-state index in [1.807, 2.05) is 24.3 Å². The normalized spacial score (nSPS) is 18.0. The van der Waals surface area contributed by atoms with Crippen LogP contribution in [-0.2, 0) is 14.2 Å². The van der Waals surface area contributed by atoms with Crippen LogP contribution in [0.3, 0.4) is 0 Å². The summed E-state index contributed by atoms with van der Waals surface area (Å²) in [5.74, 6) is 0. The minimum absolute atomic E-state index is 0.192. The molecule has 1 heterocycles. The molecule has 0 aromatic rings. The Hall–Kier alpha value is -2.16. The lowest BCUT2D eigenvalue weighted by Crippen LogP contribution is -2.49. The molecule has 0 aliphatic carbocycles. The number of ether oxygens (including phenoxy) is 3. The second-order valence-electron chi connectivity index (χ2n) is 5.21. The molecule has 122 valence electrons. The topological polar surface area (TPSA) is 123 Å². The second-order valence-corrected chi connectivity index (χ2v) is 5.21. The van der Waals surface area contributed by atoms with Crippen LogP contribution in [-0.4, -0.2) is 32.2 Å². The van der Waals surface area contributed by atoms with Gasteiger partial charge in [-0.1, -0.05) is 0 Å². The van der Waals surface area contributed by atoms with Crippen LogP contribution in [0, 0.1) is 56.2 Å². The van der Waals surface area contributed by atoms with Gasteiger partial charge in [-0.25, -0.2) is 0 Å². The van der Waals surface area contributed by atoms with Crippen LogP contribution in [0.5, 0.6) is 0 Å². The number of nitrogens with zero attached hydrogens (tertiary/aromatic N) is 4. The predicted molar refractivity (Wildman–Crippen MR) is 77.9 cm³/mol. The first-order valence-electron chi connectivity index (χ1n) is 7.59. The van der Waals surface area contributed by atoms with E-state index in [1.165, 1.54) is 0 Å². The zero-order chi connectivity index (χ0) is 17.3. The molecule has 0 aromatic carbocycles. The van der Waals surface area contributed by atoms with Crippen molar-refractivity contribution in [3.05, 3.63) is 0 Å². The summed E-state index contributed by atoms with van der Waals surface area (Å²) in [6.07, 6.45) is -0.668. The van der Waals surface area contributed by atoms with Gasteiger partial charge in [0.15, 0.2) is 11.7 Å². The highest BCUT2D eigenvalue weighted by atomic mass is 16.7. The predicted octanol–water partition coefficient (Wildman–Crippen LogP) is 2.02. The van der Waals surface area contributed by atoms with E-state index in [0.29, 0.717) is 32.7 Å². The van der Waals surface area contributed by atoms with Crippen molar-refractivity contribution >= 4 is 0 Å². The maximum atomic E-state index is 9.68. The maximum absolute atomic E-state index is 9.68. The molecule has 0 aromatic heterocycles. The molecule has 0 bridgehead atoms. The molecule has 0 spiro atoms. The van der Waals surface area contributed by atoms with E-state index in [2.05, 4.69) is 0 Å². The quantitative estimate of drug-likeness (QED) is 0.627. The Morgan fingerprint density at radius 1 is 1.04 bits per heavy atom. The van der Waals surface area contributed by atoms with Crippen LogP contribution >= 0.6 is 0 Å². The van der Waals surface area contributed by atoms with E-state index in [4.69, 9.17) is 14.2 Å². The van der Waals surface area contributed by atoms with E-state index in [1.54, 1.807) is 13.8 Å². The number of rotatable bonds is 8. The molecule has 1 rings (SSSR count). The van der Waals surface area contributed by atoms with E-state index >= 15 is 0 Å². The minimum atomic E-state index is -1.90. The van der Waals surface area contributed by atoms with Crippen molar-refractivity contribution in [3.8, 4) is 24.3 Å². The lowest BCUT2D eigenvalue weighted by atomic mass is 9.61. The molecular weight excluding hydrogens is 296 g/mol. The smallest absolute Gasteiger partial charge is 0.201 e. The van der Waals surface area contributed by atoms with Gasteiger partial charge in [0.25, 0.3) is 0 Å². The van der Waals surface area contributed by atoms with Crippen molar-refractivity contribution < 1.29 is 14.2 Å². The van der Waals surface area contributed by atoms with Crippen LogP contribution < -0.4 is 0 Å². The molecule has 7 heteroatoms. The van der Waals surface area contributed by atoms with Gasteiger partial charge >= 0.3 is 0 Å². The number of nitriles is 4. The molecule has 1 fully saturated rings. The Labute approximate surface area is 136 Å². The lowest BCUT2D eigenvalue weighted by molar-refractivity contribution is -0.155. The molecule has 23 heavy (non-hydrogen) atoms. The van der Waals surface area contributed by atoms with Crippen LogP contribution in [0.25, 0.3) is 0 Å². The van der Waals surface area contributed by atoms with Crippen LogP contribution in [0.2, 0.25) is 0 Å². The average Bonchev–Trinajstić information content (AvgIpc) is 3.10. The van der Waals surface area contributed by atoms with Gasteiger partial charge in [0.2, 0.25) is 5.41 Å². The maximum Gasteiger partial charge on any atom is 0.201 e. The van der Waals surface area contributed by atoms with Crippen LogP contribution in [0.15, 0.2) is 0 Å². The fourth-order valence-corrected chi connectivity index (χ4v) is 2.80. The molecule has 1 aliphatic heterocycles. The third-order valence-corrected chi connectivity index (χ3v) is 4.00. The van der Waals surface area contributed by atoms with Crippen molar-refractivity contribution in [2.45, 2.75) is 45.5 Å². The van der Waals surface area contributed by atoms with Gasteiger partial charge in [-0.05, 0) is 26.7 Å². The van der Waals surface area contributed by atoms with Crippen molar-refractivity contribution in [2.24, 2.45) is 10.8 Å². The molecule has 0 N–H and O–H groups in total. The average molecular weight is 316 g/mol. The summed E-state index contributed by atoms with van der Waals surface area (Å²) in [4.78, 5) is 0. The first kappa shape index (κ1) is 18.9. The van der Waals surface area contributed by atoms with E-state index in [0.717, 1.165) is 0 Å². The summed E-state index contributed by atoms with van der Waals surface area (Å²) in [6, 6.07) is 7.57. The molecule has 1 saturated heterocycles. The second kappa shape index (κ2) is 8.47. The molecule has 1 unspecified atom stereocenters. The van der Waals surface area contributed by atoms with E-state index in [-0.39, 0.29) is 6.42 Å². The molecular formula is C16H20N4O3. The molecule has 0 radical (unpaired) electrons. The third kappa shape index (κ3) is 3.44. The highest BCUT2D eigenvalue weighted by Crippen LogP contribution is 2.48. The summed E-state index contributed by atoms with van der Waals surface area (Å²) < 4.78 is 16.3. The standard InChI is InChI=1S/C16H20N4O3/c1-3-21-14(22-4-2)8-15(9-17,10-18)16(11-19,12-20)13-6-5-7-23-13/h13-14H,3-8H2,1-2H3. The van der Waals surface area contributed by atoms with Gasteiger partial charge < -0.3 is 14.2 Å². The fraction of sp³-hybridized carbons (Fsp3) is 0.750. The summed E-state index contributed by atoms with van der Waals surface area (Å²) in [5, 5.41) is 38.7. The zero-order valence-electron chi connectivity index (χ0n) is 13.4. The van der Waals surface area contributed by atoms with Crippen molar-refractivity contribution in [2.75, 3.05) is 19.8 Å². The van der Waals surface area contributed by atoms with Gasteiger partial charge in [-0.3, -0.25) is 0 Å². The van der Waals surface area contributed by atoms with E-state index in [9.17, 15) is 21.0 Å². The Kier molecular flexibility index (Phi) is 6.95. The lowest BCUT2D eigenvalue weighted by Gasteiger charge is -2.36. The first-order chi connectivity index (χ1) is 11.1. The minimum Gasteiger partial charge on any atom is -0.375 e. The van der Waals surface area contributed by atoms with Gasteiger partial charge in [0, 0.05) is 26.2 Å². The SMILES string of the molecule is CCOC(CC(C#N)(C#N)C(C#N)(C#N)C1CCCO1)OCC. The molecule has 1 aliphatic rings. The number of hydrogen-bond donors (Lipinski definition) is 0. The summed E-state index contributed by atoms with van der Waals surface area (Å²) in [6.45, 7) is 4.57. The fourth-order valence-electron chi connectivity index (χ4n) is 2.80. The van der Waals surface area contributed by atoms with Gasteiger partial charge in [-0.2, -0.15) is 21.0 Å². The first-order valence-corrected chi connectivity index (χ1v) is 7.59. The van der Waals surface area contributed by atoms with Crippen LogP contribution in [0.1, 0.15) is 33.1 Å². The number of hydrogen-bond acceptors (Lipinski definition) is 7. The molecule has 0 saturated carbocycles. The highest BCUT2D eigenvalue weighted by molar-refractivity contribution is 5.36. The van der Waals surface area contributed by atoms with Gasteiger partial charge in [0.1, 0.15) is 0 Å². The Morgan fingerprint density at radius 3 is 1.96 bits per heavy atom. The Bertz CT molecular complexity index is 524. The van der Waals surface area contributed by atoms with Crippen LogP contribution in [0.4, 0.5) is 0 Å². The largest absolute Gasteiger partial charge is 0.375 e. The van der Waals surface area contributed by atoms with E-state index < -0.39 is 23.2 Å².